The summed E-state index contributed by atoms with van der Waals surface area (Å²) in [6, 6.07) is 6.11. The first kappa shape index (κ1) is 13.7. The van der Waals surface area contributed by atoms with Crippen molar-refractivity contribution >= 4 is 23.4 Å². The molecule has 0 heterocycles. The van der Waals surface area contributed by atoms with Crippen LogP contribution in [-0.4, -0.2) is 18.1 Å². The van der Waals surface area contributed by atoms with Crippen LogP contribution in [0.3, 0.4) is 0 Å². The third kappa shape index (κ3) is 4.26. The van der Waals surface area contributed by atoms with Crippen molar-refractivity contribution in [3.8, 4) is 5.75 Å². The Balaban J connectivity index is 2.46. The quantitative estimate of drug-likeness (QED) is 0.534. The Morgan fingerprint density at radius 1 is 1.38 bits per heavy atom. The Bertz CT molecular complexity index is 315. The predicted octanol–water partition coefficient (Wildman–Crippen LogP) is 4.26. The minimum atomic E-state index is 0.515. The molecule has 0 aliphatic carbocycles. The van der Waals surface area contributed by atoms with Crippen LogP contribution < -0.4 is 4.74 Å². The average Bonchev–Trinajstić information content (AvgIpc) is 2.30. The lowest BCUT2D eigenvalue weighted by atomic mass is 10.1. The van der Waals surface area contributed by atoms with E-state index in [1.807, 2.05) is 23.9 Å². The van der Waals surface area contributed by atoms with Gasteiger partial charge in [-0.3, -0.25) is 0 Å². The van der Waals surface area contributed by atoms with Crippen LogP contribution >= 0.6 is 23.4 Å². The number of rotatable bonds is 7. The van der Waals surface area contributed by atoms with E-state index in [2.05, 4.69) is 19.9 Å². The molecule has 0 saturated carbocycles. The molecule has 1 aromatic carbocycles. The van der Waals surface area contributed by atoms with E-state index in [1.54, 1.807) is 0 Å². The zero-order chi connectivity index (χ0) is 11.8. The maximum absolute atomic E-state index is 5.88. The van der Waals surface area contributed by atoms with Crippen molar-refractivity contribution in [2.45, 2.75) is 26.1 Å². The molecule has 0 aliphatic heterocycles. The van der Waals surface area contributed by atoms with Crippen LogP contribution in [0.4, 0.5) is 0 Å². The highest BCUT2D eigenvalue weighted by atomic mass is 35.5. The fourth-order valence-corrected chi connectivity index (χ4v) is 2.33. The lowest BCUT2D eigenvalue weighted by Crippen LogP contribution is -2.02. The number of thioether (sulfide) groups is 1. The summed E-state index contributed by atoms with van der Waals surface area (Å²) in [5, 5.41) is 0. The average molecular weight is 259 g/mol. The summed E-state index contributed by atoms with van der Waals surface area (Å²) >= 11 is 7.83. The van der Waals surface area contributed by atoms with Gasteiger partial charge in [-0.15, -0.1) is 11.6 Å². The van der Waals surface area contributed by atoms with Gasteiger partial charge in [-0.25, -0.2) is 0 Å². The molecule has 0 atom stereocenters. The molecule has 0 aromatic heterocycles. The molecule has 0 spiro atoms. The lowest BCUT2D eigenvalue weighted by molar-refractivity contribution is 0.314. The van der Waals surface area contributed by atoms with Crippen molar-refractivity contribution in [3.05, 3.63) is 29.3 Å². The van der Waals surface area contributed by atoms with Gasteiger partial charge < -0.3 is 4.74 Å². The zero-order valence-electron chi connectivity index (χ0n) is 9.96. The second kappa shape index (κ2) is 7.86. The van der Waals surface area contributed by atoms with Gasteiger partial charge in [0.25, 0.3) is 0 Å². The van der Waals surface area contributed by atoms with E-state index in [1.165, 1.54) is 17.1 Å². The molecule has 90 valence electrons. The van der Waals surface area contributed by atoms with Gasteiger partial charge in [0, 0.05) is 5.56 Å². The van der Waals surface area contributed by atoms with Gasteiger partial charge in [0.15, 0.2) is 0 Å². The maximum Gasteiger partial charge on any atom is 0.126 e. The molecular weight excluding hydrogens is 240 g/mol. The molecule has 1 nitrogen and oxygen atoms in total. The third-order valence-corrected chi connectivity index (χ3v) is 3.59. The Morgan fingerprint density at radius 3 is 2.88 bits per heavy atom. The monoisotopic (exact) mass is 258 g/mol. The fraction of sp³-hybridized carbons (Fsp3) is 0.538. The van der Waals surface area contributed by atoms with E-state index in [9.17, 15) is 0 Å². The summed E-state index contributed by atoms with van der Waals surface area (Å²) in [6.45, 7) is 5.02. The van der Waals surface area contributed by atoms with E-state index in [0.29, 0.717) is 5.88 Å². The maximum atomic E-state index is 5.88. The summed E-state index contributed by atoms with van der Waals surface area (Å²) in [4.78, 5) is 0. The molecular formula is C13H19ClOS. The SMILES string of the molecule is CCSCCCOc1c(C)cccc1CCl. The normalized spacial score (nSPS) is 10.4. The van der Waals surface area contributed by atoms with Gasteiger partial charge in [0.2, 0.25) is 0 Å². The van der Waals surface area contributed by atoms with Gasteiger partial charge >= 0.3 is 0 Å². The van der Waals surface area contributed by atoms with Crippen molar-refractivity contribution < 1.29 is 4.74 Å². The topological polar surface area (TPSA) is 9.23 Å². The molecule has 0 N–H and O–H groups in total. The first-order chi connectivity index (χ1) is 7.79. The van der Waals surface area contributed by atoms with E-state index >= 15 is 0 Å². The molecule has 0 amide bonds. The number of benzene rings is 1. The molecule has 0 unspecified atom stereocenters. The van der Waals surface area contributed by atoms with Gasteiger partial charge in [-0.2, -0.15) is 11.8 Å². The van der Waals surface area contributed by atoms with Gasteiger partial charge in [-0.1, -0.05) is 25.1 Å². The zero-order valence-corrected chi connectivity index (χ0v) is 11.5. The minimum Gasteiger partial charge on any atom is -0.493 e. The summed E-state index contributed by atoms with van der Waals surface area (Å²) in [5.74, 6) is 3.83. The largest absolute Gasteiger partial charge is 0.493 e. The van der Waals surface area contributed by atoms with Crippen LogP contribution in [0.5, 0.6) is 5.75 Å². The first-order valence-electron chi connectivity index (χ1n) is 5.64. The number of halogens is 1. The highest BCUT2D eigenvalue weighted by molar-refractivity contribution is 7.99. The highest BCUT2D eigenvalue weighted by Crippen LogP contribution is 2.25. The third-order valence-electron chi connectivity index (χ3n) is 2.32. The molecule has 0 bridgehead atoms. The molecule has 0 radical (unpaired) electrons. The summed E-state index contributed by atoms with van der Waals surface area (Å²) in [6.07, 6.45) is 1.09. The lowest BCUT2D eigenvalue weighted by Gasteiger charge is -2.12. The number of aryl methyl sites for hydroxylation is 1. The van der Waals surface area contributed by atoms with Crippen molar-refractivity contribution in [1.29, 1.82) is 0 Å². The summed E-state index contributed by atoms with van der Waals surface area (Å²) < 4.78 is 5.81. The Morgan fingerprint density at radius 2 is 2.19 bits per heavy atom. The second-order valence-electron chi connectivity index (χ2n) is 3.60. The fourth-order valence-electron chi connectivity index (χ4n) is 1.50. The van der Waals surface area contributed by atoms with E-state index in [4.69, 9.17) is 16.3 Å². The van der Waals surface area contributed by atoms with Crippen LogP contribution in [0.1, 0.15) is 24.5 Å². The number of hydrogen-bond acceptors (Lipinski definition) is 2. The summed E-state index contributed by atoms with van der Waals surface area (Å²) in [5.41, 5.74) is 2.26. The number of ether oxygens (including phenoxy) is 1. The molecule has 16 heavy (non-hydrogen) atoms. The molecule has 1 rings (SSSR count). The van der Waals surface area contributed by atoms with E-state index < -0.39 is 0 Å². The van der Waals surface area contributed by atoms with Crippen molar-refractivity contribution in [3.63, 3.8) is 0 Å². The number of alkyl halides is 1. The molecule has 3 heteroatoms. The molecule has 0 aliphatic rings. The Hall–Kier alpha value is -0.340. The predicted molar refractivity (Wildman–Crippen MR) is 73.8 cm³/mol. The Kier molecular flexibility index (Phi) is 6.74. The van der Waals surface area contributed by atoms with E-state index in [-0.39, 0.29) is 0 Å². The van der Waals surface area contributed by atoms with Crippen LogP contribution in [0, 0.1) is 6.92 Å². The van der Waals surface area contributed by atoms with Gasteiger partial charge in [-0.05, 0) is 30.4 Å². The molecule has 0 saturated heterocycles. The van der Waals surface area contributed by atoms with Crippen LogP contribution in [0.2, 0.25) is 0 Å². The van der Waals surface area contributed by atoms with Crippen LogP contribution in [0.25, 0.3) is 0 Å². The van der Waals surface area contributed by atoms with Crippen molar-refractivity contribution in [1.82, 2.24) is 0 Å². The standard InChI is InChI=1S/C13H19ClOS/c1-3-16-9-5-8-15-13-11(2)6-4-7-12(13)10-14/h4,6-7H,3,5,8-10H2,1-2H3. The van der Waals surface area contributed by atoms with E-state index in [0.717, 1.165) is 24.3 Å². The minimum absolute atomic E-state index is 0.515. The van der Waals surface area contributed by atoms with Crippen molar-refractivity contribution in [2.75, 3.05) is 18.1 Å². The first-order valence-corrected chi connectivity index (χ1v) is 7.33. The number of para-hydroxylation sites is 1. The molecule has 1 aromatic rings. The second-order valence-corrected chi connectivity index (χ2v) is 5.26. The molecule has 0 fully saturated rings. The number of hydrogen-bond donors (Lipinski definition) is 0. The van der Waals surface area contributed by atoms with Crippen LogP contribution in [-0.2, 0) is 5.88 Å². The van der Waals surface area contributed by atoms with Gasteiger partial charge in [0.1, 0.15) is 5.75 Å². The smallest absolute Gasteiger partial charge is 0.126 e. The highest BCUT2D eigenvalue weighted by Gasteiger charge is 2.05. The van der Waals surface area contributed by atoms with Crippen molar-refractivity contribution in [2.24, 2.45) is 0 Å². The summed E-state index contributed by atoms with van der Waals surface area (Å²) in [7, 11) is 0. The Labute approximate surface area is 108 Å². The van der Waals surface area contributed by atoms with Gasteiger partial charge in [0.05, 0.1) is 12.5 Å². The van der Waals surface area contributed by atoms with Crippen LogP contribution in [0.15, 0.2) is 18.2 Å².